The molecule has 1 amide bonds. The molecule has 3 N–H and O–H groups in total. The lowest BCUT2D eigenvalue weighted by Gasteiger charge is -2.11. The Labute approximate surface area is 144 Å². The molecular weight excluding hydrogens is 391 g/mol. The minimum Gasteiger partial charge on any atom is -0.489 e. The summed E-state index contributed by atoms with van der Waals surface area (Å²) in [5.41, 5.74) is 7.43. The summed E-state index contributed by atoms with van der Waals surface area (Å²) in [6, 6.07) is 15.7. The van der Waals surface area contributed by atoms with Gasteiger partial charge in [0.15, 0.2) is 0 Å². The summed E-state index contributed by atoms with van der Waals surface area (Å²) < 4.78 is 6.97. The molecular formula is C17H19IN2O2. The minimum atomic E-state index is -0.350. The summed E-state index contributed by atoms with van der Waals surface area (Å²) >= 11 is 2.29. The first-order chi connectivity index (χ1) is 10.5. The van der Waals surface area contributed by atoms with Crippen LogP contribution in [0.5, 0.6) is 5.75 Å². The molecule has 0 bridgehead atoms. The topological polar surface area (TPSA) is 64.3 Å². The molecule has 116 valence electrons. The number of nitrogens with one attached hydrogen (secondary N) is 1. The molecule has 0 radical (unpaired) electrons. The van der Waals surface area contributed by atoms with Crippen LogP contribution in [-0.2, 0) is 17.9 Å². The van der Waals surface area contributed by atoms with E-state index in [4.69, 9.17) is 10.5 Å². The fourth-order valence-corrected chi connectivity index (χ4v) is 2.48. The van der Waals surface area contributed by atoms with Gasteiger partial charge < -0.3 is 15.8 Å². The summed E-state index contributed by atoms with van der Waals surface area (Å²) in [6.07, 6.45) is 0. The average molecular weight is 410 g/mol. The highest BCUT2D eigenvalue weighted by Gasteiger charge is 2.07. The second-order valence-corrected chi connectivity index (χ2v) is 6.31. The maximum Gasteiger partial charge on any atom is 0.234 e. The van der Waals surface area contributed by atoms with Crippen LogP contribution in [0.1, 0.15) is 18.1 Å². The Bertz CT molecular complexity index is 629. The highest BCUT2D eigenvalue weighted by molar-refractivity contribution is 14.1. The molecule has 5 heteroatoms. The van der Waals surface area contributed by atoms with Crippen molar-refractivity contribution >= 4 is 28.5 Å². The summed E-state index contributed by atoms with van der Waals surface area (Å²) in [5, 5.41) is 3.07. The van der Waals surface area contributed by atoms with Crippen molar-refractivity contribution < 1.29 is 9.53 Å². The van der Waals surface area contributed by atoms with Crippen LogP contribution >= 0.6 is 22.6 Å². The molecule has 0 saturated carbocycles. The summed E-state index contributed by atoms with van der Waals surface area (Å²) in [5.74, 6) is 0.475. The van der Waals surface area contributed by atoms with Crippen molar-refractivity contribution in [1.29, 1.82) is 0 Å². The predicted octanol–water partition coefficient (Wildman–Crippen LogP) is 2.83. The van der Waals surface area contributed by atoms with E-state index < -0.39 is 0 Å². The van der Waals surface area contributed by atoms with Crippen molar-refractivity contribution in [3.05, 3.63) is 63.2 Å². The van der Waals surface area contributed by atoms with Crippen LogP contribution in [-0.4, -0.2) is 11.9 Å². The van der Waals surface area contributed by atoms with Crippen molar-refractivity contribution in [2.75, 3.05) is 0 Å². The Morgan fingerprint density at radius 3 is 2.59 bits per heavy atom. The van der Waals surface area contributed by atoms with E-state index in [1.807, 2.05) is 36.4 Å². The van der Waals surface area contributed by atoms with Gasteiger partial charge in [0.1, 0.15) is 12.4 Å². The second kappa shape index (κ2) is 8.14. The smallest absolute Gasteiger partial charge is 0.234 e. The molecule has 0 saturated heterocycles. The predicted molar refractivity (Wildman–Crippen MR) is 95.4 cm³/mol. The highest BCUT2D eigenvalue weighted by Crippen LogP contribution is 2.15. The maximum atomic E-state index is 11.0. The molecule has 4 nitrogen and oxygen atoms in total. The number of primary amides is 1. The summed E-state index contributed by atoms with van der Waals surface area (Å²) in [7, 11) is 0. The third-order valence-corrected chi connectivity index (χ3v) is 3.93. The zero-order valence-electron chi connectivity index (χ0n) is 12.4. The molecule has 0 heterocycles. The van der Waals surface area contributed by atoms with E-state index in [2.05, 4.69) is 40.0 Å². The van der Waals surface area contributed by atoms with Gasteiger partial charge in [0, 0.05) is 10.1 Å². The third-order valence-electron chi connectivity index (χ3n) is 3.26. The van der Waals surface area contributed by atoms with E-state index in [1.54, 1.807) is 6.92 Å². The van der Waals surface area contributed by atoms with Gasteiger partial charge in [0.25, 0.3) is 0 Å². The Morgan fingerprint density at radius 2 is 1.95 bits per heavy atom. The zero-order chi connectivity index (χ0) is 15.9. The number of rotatable bonds is 7. The van der Waals surface area contributed by atoms with E-state index >= 15 is 0 Å². The molecule has 0 fully saturated rings. The fourth-order valence-electron chi connectivity index (χ4n) is 1.87. The lowest BCUT2D eigenvalue weighted by atomic mass is 10.2. The number of halogens is 1. The van der Waals surface area contributed by atoms with Gasteiger partial charge in [-0.1, -0.05) is 24.3 Å². The molecule has 0 spiro atoms. The average Bonchev–Trinajstić information content (AvgIpc) is 2.51. The van der Waals surface area contributed by atoms with Crippen LogP contribution in [0.15, 0.2) is 48.5 Å². The molecule has 2 aromatic rings. The quantitative estimate of drug-likeness (QED) is 0.691. The Kier molecular flexibility index (Phi) is 6.21. The molecule has 0 aromatic heterocycles. The van der Waals surface area contributed by atoms with Gasteiger partial charge in [-0.15, -0.1) is 0 Å². The van der Waals surface area contributed by atoms with Crippen molar-refractivity contribution in [2.45, 2.75) is 26.1 Å². The number of benzene rings is 2. The summed E-state index contributed by atoms with van der Waals surface area (Å²) in [6.45, 7) is 2.90. The first-order valence-electron chi connectivity index (χ1n) is 7.03. The van der Waals surface area contributed by atoms with Crippen molar-refractivity contribution in [3.8, 4) is 5.75 Å². The monoisotopic (exact) mass is 410 g/mol. The number of carbonyl (C=O) groups excluding carboxylic acids is 1. The fraction of sp³-hybridized carbons (Fsp3) is 0.235. The Morgan fingerprint density at radius 1 is 1.23 bits per heavy atom. The van der Waals surface area contributed by atoms with Gasteiger partial charge in [-0.2, -0.15) is 0 Å². The van der Waals surface area contributed by atoms with Crippen LogP contribution in [0, 0.1) is 3.57 Å². The molecule has 22 heavy (non-hydrogen) atoms. The van der Waals surface area contributed by atoms with Crippen molar-refractivity contribution in [2.24, 2.45) is 5.73 Å². The number of carbonyl (C=O) groups is 1. The molecule has 2 aromatic carbocycles. The SMILES string of the molecule is CC(NCc1ccc(OCc2cccc(I)c2)cc1)C(N)=O. The third kappa shape index (κ3) is 5.31. The number of nitrogens with two attached hydrogens (primary N) is 1. The Balaban J connectivity index is 1.85. The van der Waals surface area contributed by atoms with Gasteiger partial charge in [-0.25, -0.2) is 0 Å². The summed E-state index contributed by atoms with van der Waals surface area (Å²) in [4.78, 5) is 11.0. The lowest BCUT2D eigenvalue weighted by molar-refractivity contribution is -0.119. The first kappa shape index (κ1) is 16.8. The number of hydrogen-bond acceptors (Lipinski definition) is 3. The van der Waals surface area contributed by atoms with Crippen molar-refractivity contribution in [1.82, 2.24) is 5.32 Å². The lowest BCUT2D eigenvalue weighted by Crippen LogP contribution is -2.38. The zero-order valence-corrected chi connectivity index (χ0v) is 14.5. The van der Waals surface area contributed by atoms with Gasteiger partial charge >= 0.3 is 0 Å². The minimum absolute atomic E-state index is 0.337. The molecule has 2 rings (SSSR count). The van der Waals surface area contributed by atoms with Crippen LogP contribution in [0.3, 0.4) is 0 Å². The number of amides is 1. The van der Waals surface area contributed by atoms with Gasteiger partial charge in [0.05, 0.1) is 6.04 Å². The molecule has 0 aliphatic rings. The van der Waals surface area contributed by atoms with Crippen LogP contribution < -0.4 is 15.8 Å². The van der Waals surface area contributed by atoms with Gasteiger partial charge in [0.2, 0.25) is 5.91 Å². The second-order valence-electron chi connectivity index (χ2n) is 5.07. The first-order valence-corrected chi connectivity index (χ1v) is 8.11. The molecule has 0 aliphatic heterocycles. The van der Waals surface area contributed by atoms with E-state index in [-0.39, 0.29) is 11.9 Å². The number of ether oxygens (including phenoxy) is 1. The van der Waals surface area contributed by atoms with Gasteiger partial charge in [-0.05, 0) is 64.9 Å². The van der Waals surface area contributed by atoms with Crippen molar-refractivity contribution in [3.63, 3.8) is 0 Å². The Hall–Kier alpha value is -1.60. The largest absolute Gasteiger partial charge is 0.489 e. The molecule has 1 atom stereocenters. The highest BCUT2D eigenvalue weighted by atomic mass is 127. The van der Waals surface area contributed by atoms with Crippen LogP contribution in [0.25, 0.3) is 0 Å². The standard InChI is InChI=1S/C17H19IN2O2/c1-12(17(19)21)20-10-13-5-7-16(8-6-13)22-11-14-3-2-4-15(18)9-14/h2-9,12,20H,10-11H2,1H3,(H2,19,21). The van der Waals surface area contributed by atoms with Crippen LogP contribution in [0.2, 0.25) is 0 Å². The maximum absolute atomic E-state index is 11.0. The van der Waals surface area contributed by atoms with Gasteiger partial charge in [-0.3, -0.25) is 4.79 Å². The normalized spacial score (nSPS) is 11.9. The van der Waals surface area contributed by atoms with E-state index in [1.165, 1.54) is 3.57 Å². The van der Waals surface area contributed by atoms with E-state index in [0.717, 1.165) is 16.9 Å². The molecule has 1 unspecified atom stereocenters. The van der Waals surface area contributed by atoms with E-state index in [0.29, 0.717) is 13.2 Å². The van der Waals surface area contributed by atoms with E-state index in [9.17, 15) is 4.79 Å². The number of hydrogen-bond donors (Lipinski definition) is 2. The molecule has 0 aliphatic carbocycles. The van der Waals surface area contributed by atoms with Crippen LogP contribution in [0.4, 0.5) is 0 Å².